The highest BCUT2D eigenvalue weighted by atomic mass is 16.3. The van der Waals surface area contributed by atoms with Gasteiger partial charge in [-0.05, 0) is 38.5 Å². The van der Waals surface area contributed by atoms with Gasteiger partial charge in [-0.3, -0.25) is 4.79 Å². The minimum atomic E-state index is -0.281. The number of rotatable bonds is 2. The number of ketones is 1. The van der Waals surface area contributed by atoms with Gasteiger partial charge in [0.05, 0.1) is 12.2 Å². The molecule has 3 nitrogen and oxygen atoms in total. The summed E-state index contributed by atoms with van der Waals surface area (Å²) in [5, 5.41) is 19.2. The molecule has 0 heterocycles. The summed E-state index contributed by atoms with van der Waals surface area (Å²) in [6.45, 7) is 0. The van der Waals surface area contributed by atoms with Gasteiger partial charge in [-0.25, -0.2) is 0 Å². The van der Waals surface area contributed by atoms with E-state index in [1.165, 1.54) is 0 Å². The molecule has 0 amide bonds. The zero-order valence-electron chi connectivity index (χ0n) is 9.77. The summed E-state index contributed by atoms with van der Waals surface area (Å²) in [5.74, 6) is 0.413. The van der Waals surface area contributed by atoms with Gasteiger partial charge in [0.2, 0.25) is 0 Å². The van der Waals surface area contributed by atoms with Gasteiger partial charge in [0.25, 0.3) is 0 Å². The van der Waals surface area contributed by atoms with Crippen molar-refractivity contribution in [3.63, 3.8) is 0 Å². The van der Waals surface area contributed by atoms with E-state index in [0.717, 1.165) is 38.5 Å². The van der Waals surface area contributed by atoms with Gasteiger partial charge < -0.3 is 10.2 Å². The van der Waals surface area contributed by atoms with E-state index in [-0.39, 0.29) is 24.0 Å². The largest absolute Gasteiger partial charge is 0.393 e. The summed E-state index contributed by atoms with van der Waals surface area (Å²) in [7, 11) is 0. The Balaban J connectivity index is 1.90. The molecule has 2 aliphatic carbocycles. The van der Waals surface area contributed by atoms with Crippen molar-refractivity contribution in [2.24, 2.45) is 11.8 Å². The highest BCUT2D eigenvalue weighted by Gasteiger charge is 2.33. The number of carbonyl (C=O) groups is 1. The molecule has 0 saturated heterocycles. The van der Waals surface area contributed by atoms with Crippen LogP contribution >= 0.6 is 0 Å². The Bertz CT molecular complexity index is 228. The van der Waals surface area contributed by atoms with Crippen molar-refractivity contribution in [3.8, 4) is 0 Å². The zero-order valence-corrected chi connectivity index (χ0v) is 9.77. The first-order valence-corrected chi connectivity index (χ1v) is 6.56. The maximum atomic E-state index is 12.2. The molecule has 4 atom stereocenters. The second-order valence-corrected chi connectivity index (χ2v) is 5.44. The first-order chi connectivity index (χ1) is 7.66. The van der Waals surface area contributed by atoms with Crippen LogP contribution in [0.2, 0.25) is 0 Å². The second kappa shape index (κ2) is 5.28. The topological polar surface area (TPSA) is 57.5 Å². The number of hydrogen-bond donors (Lipinski definition) is 2. The van der Waals surface area contributed by atoms with Crippen molar-refractivity contribution in [1.82, 2.24) is 0 Å². The van der Waals surface area contributed by atoms with Crippen molar-refractivity contribution >= 4 is 5.78 Å². The van der Waals surface area contributed by atoms with E-state index in [4.69, 9.17) is 0 Å². The fraction of sp³-hybridized carbons (Fsp3) is 0.923. The molecule has 0 spiro atoms. The molecule has 0 aromatic rings. The molecule has 92 valence electrons. The van der Waals surface area contributed by atoms with Crippen LogP contribution in [0.15, 0.2) is 0 Å². The fourth-order valence-corrected chi connectivity index (χ4v) is 3.18. The van der Waals surface area contributed by atoms with E-state index in [0.29, 0.717) is 18.6 Å². The van der Waals surface area contributed by atoms with Crippen molar-refractivity contribution in [2.45, 2.75) is 63.6 Å². The van der Waals surface area contributed by atoms with Crippen LogP contribution in [0.4, 0.5) is 0 Å². The molecule has 0 radical (unpaired) electrons. The Morgan fingerprint density at radius 2 is 1.25 bits per heavy atom. The van der Waals surface area contributed by atoms with Crippen LogP contribution in [-0.4, -0.2) is 28.2 Å². The predicted molar refractivity (Wildman–Crippen MR) is 60.9 cm³/mol. The van der Waals surface area contributed by atoms with Gasteiger partial charge in [0.1, 0.15) is 5.78 Å². The molecular weight excluding hydrogens is 204 g/mol. The molecule has 3 heteroatoms. The van der Waals surface area contributed by atoms with Gasteiger partial charge >= 0.3 is 0 Å². The molecule has 4 unspecified atom stereocenters. The van der Waals surface area contributed by atoms with Crippen LogP contribution in [0.1, 0.15) is 51.4 Å². The van der Waals surface area contributed by atoms with Gasteiger partial charge in [0.15, 0.2) is 0 Å². The van der Waals surface area contributed by atoms with Crippen LogP contribution in [0, 0.1) is 11.8 Å². The van der Waals surface area contributed by atoms with Gasteiger partial charge in [-0.2, -0.15) is 0 Å². The lowest BCUT2D eigenvalue weighted by atomic mass is 9.75. The van der Waals surface area contributed by atoms with Crippen molar-refractivity contribution in [3.05, 3.63) is 0 Å². The summed E-state index contributed by atoms with van der Waals surface area (Å²) in [4.78, 5) is 12.2. The molecule has 0 aliphatic heterocycles. The number of aliphatic hydroxyl groups excluding tert-OH is 2. The predicted octanol–water partition coefficient (Wildman–Crippen LogP) is 1.66. The Hall–Kier alpha value is -0.410. The van der Waals surface area contributed by atoms with E-state index >= 15 is 0 Å². The van der Waals surface area contributed by atoms with Gasteiger partial charge in [-0.1, -0.05) is 12.8 Å². The van der Waals surface area contributed by atoms with E-state index in [2.05, 4.69) is 0 Å². The quantitative estimate of drug-likeness (QED) is 0.753. The second-order valence-electron chi connectivity index (χ2n) is 5.44. The van der Waals surface area contributed by atoms with Crippen molar-refractivity contribution < 1.29 is 15.0 Å². The van der Waals surface area contributed by atoms with Gasteiger partial charge in [-0.15, -0.1) is 0 Å². The third kappa shape index (κ3) is 2.83. The average Bonchev–Trinajstić information content (AvgIpc) is 2.28. The van der Waals surface area contributed by atoms with Crippen LogP contribution in [0.25, 0.3) is 0 Å². The van der Waals surface area contributed by atoms with E-state index in [9.17, 15) is 15.0 Å². The molecule has 2 fully saturated rings. The molecule has 0 aromatic carbocycles. The molecule has 16 heavy (non-hydrogen) atoms. The van der Waals surface area contributed by atoms with E-state index < -0.39 is 0 Å². The monoisotopic (exact) mass is 226 g/mol. The first-order valence-electron chi connectivity index (χ1n) is 6.56. The van der Waals surface area contributed by atoms with Crippen molar-refractivity contribution in [2.75, 3.05) is 0 Å². The van der Waals surface area contributed by atoms with Crippen molar-refractivity contribution in [1.29, 1.82) is 0 Å². The molecule has 0 bridgehead atoms. The molecule has 2 N–H and O–H groups in total. The molecule has 2 aliphatic rings. The lowest BCUT2D eigenvalue weighted by molar-refractivity contribution is -0.131. The average molecular weight is 226 g/mol. The van der Waals surface area contributed by atoms with Crippen LogP contribution in [0.5, 0.6) is 0 Å². The number of aliphatic hydroxyl groups is 2. The maximum Gasteiger partial charge on any atom is 0.139 e. The highest BCUT2D eigenvalue weighted by Crippen LogP contribution is 2.32. The molecule has 2 saturated carbocycles. The highest BCUT2D eigenvalue weighted by molar-refractivity contribution is 5.83. The maximum absolute atomic E-state index is 12.2. The lowest BCUT2D eigenvalue weighted by Gasteiger charge is -2.31. The number of carbonyl (C=O) groups excluding carboxylic acids is 1. The first kappa shape index (κ1) is 12.1. The Morgan fingerprint density at radius 3 is 1.62 bits per heavy atom. The van der Waals surface area contributed by atoms with Crippen LogP contribution in [0.3, 0.4) is 0 Å². The Morgan fingerprint density at radius 1 is 0.812 bits per heavy atom. The lowest BCUT2D eigenvalue weighted by Crippen LogP contribution is -2.33. The number of Topliss-reactive ketones (excluding diaryl/α,β-unsaturated/α-hetero) is 1. The Kier molecular flexibility index (Phi) is 3.98. The summed E-state index contributed by atoms with van der Waals surface area (Å²) >= 11 is 0. The number of hydrogen-bond acceptors (Lipinski definition) is 3. The normalized spacial score (nSPS) is 40.6. The molecule has 2 rings (SSSR count). The third-order valence-electron chi connectivity index (χ3n) is 4.10. The Labute approximate surface area is 96.9 Å². The fourth-order valence-electron chi connectivity index (χ4n) is 3.18. The molecule has 0 aromatic heterocycles. The standard InChI is InChI=1S/C13H22O3/c14-11-5-1-3-9(7-11)13(16)10-4-2-6-12(15)8-10/h9-12,14-15H,1-8H2. The van der Waals surface area contributed by atoms with Crippen LogP contribution in [-0.2, 0) is 4.79 Å². The van der Waals surface area contributed by atoms with Crippen LogP contribution < -0.4 is 0 Å². The SMILES string of the molecule is O=C(C1CCCC(O)C1)C1CCCC(O)C1. The van der Waals surface area contributed by atoms with E-state index in [1.54, 1.807) is 0 Å². The summed E-state index contributed by atoms with van der Waals surface area (Å²) in [5.41, 5.74) is 0. The third-order valence-corrected chi connectivity index (χ3v) is 4.10. The van der Waals surface area contributed by atoms with Gasteiger partial charge in [0, 0.05) is 11.8 Å². The minimum Gasteiger partial charge on any atom is -0.393 e. The minimum absolute atomic E-state index is 0.0547. The summed E-state index contributed by atoms with van der Waals surface area (Å²) < 4.78 is 0. The summed E-state index contributed by atoms with van der Waals surface area (Å²) in [6.07, 6.45) is 6.21. The summed E-state index contributed by atoms with van der Waals surface area (Å²) in [6, 6.07) is 0. The van der Waals surface area contributed by atoms with E-state index in [1.807, 2.05) is 0 Å². The smallest absolute Gasteiger partial charge is 0.139 e. The molecular formula is C13H22O3. The zero-order chi connectivity index (χ0) is 11.5.